The number of hydrogen-bond donors (Lipinski definition) is 2. The first-order chi connectivity index (χ1) is 8.79. The molecule has 0 amide bonds. The van der Waals surface area contributed by atoms with Gasteiger partial charge in [0.1, 0.15) is 5.75 Å². The van der Waals surface area contributed by atoms with Crippen LogP contribution in [0, 0.1) is 0 Å². The highest BCUT2D eigenvalue weighted by Crippen LogP contribution is 2.25. The van der Waals surface area contributed by atoms with Gasteiger partial charge < -0.3 is 15.8 Å². The predicted molar refractivity (Wildman–Crippen MR) is 78.5 cm³/mol. The van der Waals surface area contributed by atoms with Crippen LogP contribution in [0.25, 0.3) is 0 Å². The largest absolute Gasteiger partial charge is 0.492 e. The van der Waals surface area contributed by atoms with Gasteiger partial charge in [-0.2, -0.15) is 11.3 Å². The molecule has 0 fully saturated rings. The van der Waals surface area contributed by atoms with Crippen molar-refractivity contribution < 1.29 is 4.74 Å². The highest BCUT2D eigenvalue weighted by Gasteiger charge is 2.01. The van der Waals surface area contributed by atoms with Crippen LogP contribution in [0.15, 0.2) is 35.0 Å². The van der Waals surface area contributed by atoms with Crippen LogP contribution in [0.2, 0.25) is 0 Å². The summed E-state index contributed by atoms with van der Waals surface area (Å²) in [5.74, 6) is 0.748. The SMILES string of the molecule is CCOc1cc(NCCc2ccsc2)ccc1N. The fraction of sp³-hybridized carbons (Fsp3) is 0.286. The molecule has 0 spiro atoms. The van der Waals surface area contributed by atoms with Crippen molar-refractivity contribution in [2.45, 2.75) is 13.3 Å². The average molecular weight is 262 g/mol. The minimum Gasteiger partial charge on any atom is -0.492 e. The summed E-state index contributed by atoms with van der Waals surface area (Å²) in [4.78, 5) is 0. The Kier molecular flexibility index (Phi) is 4.47. The van der Waals surface area contributed by atoms with Gasteiger partial charge in [-0.05, 0) is 47.9 Å². The van der Waals surface area contributed by atoms with E-state index >= 15 is 0 Å². The Morgan fingerprint density at radius 1 is 1.33 bits per heavy atom. The van der Waals surface area contributed by atoms with Crippen LogP contribution >= 0.6 is 11.3 Å². The lowest BCUT2D eigenvalue weighted by Gasteiger charge is -2.10. The van der Waals surface area contributed by atoms with E-state index in [9.17, 15) is 0 Å². The highest BCUT2D eigenvalue weighted by molar-refractivity contribution is 7.07. The Morgan fingerprint density at radius 2 is 2.22 bits per heavy atom. The van der Waals surface area contributed by atoms with E-state index in [1.807, 2.05) is 25.1 Å². The number of rotatable bonds is 6. The Morgan fingerprint density at radius 3 is 2.94 bits per heavy atom. The molecule has 0 saturated carbocycles. The van der Waals surface area contributed by atoms with E-state index in [0.29, 0.717) is 12.3 Å². The molecule has 2 rings (SSSR count). The third-order valence-corrected chi connectivity index (χ3v) is 3.37. The van der Waals surface area contributed by atoms with Crippen molar-refractivity contribution in [2.75, 3.05) is 24.2 Å². The first kappa shape index (κ1) is 12.8. The Balaban J connectivity index is 1.90. The van der Waals surface area contributed by atoms with Crippen molar-refractivity contribution in [3.8, 4) is 5.75 Å². The Bertz CT molecular complexity index is 483. The zero-order chi connectivity index (χ0) is 12.8. The average Bonchev–Trinajstić information content (AvgIpc) is 2.87. The van der Waals surface area contributed by atoms with E-state index < -0.39 is 0 Å². The van der Waals surface area contributed by atoms with Crippen LogP contribution in [0.3, 0.4) is 0 Å². The third-order valence-electron chi connectivity index (χ3n) is 2.64. The zero-order valence-electron chi connectivity index (χ0n) is 10.5. The van der Waals surface area contributed by atoms with Gasteiger partial charge in [-0.25, -0.2) is 0 Å². The zero-order valence-corrected chi connectivity index (χ0v) is 11.3. The standard InChI is InChI=1S/C14H18N2OS/c1-2-17-14-9-12(3-4-13(14)15)16-7-5-11-6-8-18-10-11/h3-4,6,8-10,16H,2,5,7,15H2,1H3. The number of ether oxygens (including phenoxy) is 1. The normalized spacial score (nSPS) is 10.3. The lowest BCUT2D eigenvalue weighted by atomic mass is 10.2. The molecule has 2 aromatic rings. The van der Waals surface area contributed by atoms with Gasteiger partial charge in [0, 0.05) is 18.3 Å². The van der Waals surface area contributed by atoms with Gasteiger partial charge in [-0.1, -0.05) is 0 Å². The lowest BCUT2D eigenvalue weighted by Crippen LogP contribution is -2.05. The number of nitrogens with two attached hydrogens (primary N) is 1. The van der Waals surface area contributed by atoms with Crippen LogP contribution in [-0.2, 0) is 6.42 Å². The van der Waals surface area contributed by atoms with Crippen molar-refractivity contribution in [3.05, 3.63) is 40.6 Å². The summed E-state index contributed by atoms with van der Waals surface area (Å²) in [6.07, 6.45) is 1.03. The maximum absolute atomic E-state index is 5.83. The molecule has 1 heterocycles. The molecule has 0 aliphatic carbocycles. The van der Waals surface area contributed by atoms with Crippen molar-refractivity contribution in [1.29, 1.82) is 0 Å². The molecule has 0 unspecified atom stereocenters. The fourth-order valence-corrected chi connectivity index (χ4v) is 2.41. The molecular formula is C14H18N2OS. The molecular weight excluding hydrogens is 244 g/mol. The van der Waals surface area contributed by atoms with Gasteiger partial charge in [0.15, 0.2) is 0 Å². The van der Waals surface area contributed by atoms with Crippen molar-refractivity contribution in [1.82, 2.24) is 0 Å². The Labute approximate surface area is 112 Å². The molecule has 0 saturated heterocycles. The first-order valence-corrected chi connectivity index (χ1v) is 7.01. The molecule has 0 aliphatic heterocycles. The molecule has 0 aliphatic rings. The minimum atomic E-state index is 0.628. The number of thiophene rings is 1. The van der Waals surface area contributed by atoms with E-state index in [1.54, 1.807) is 11.3 Å². The van der Waals surface area contributed by atoms with E-state index in [2.05, 4.69) is 22.1 Å². The van der Waals surface area contributed by atoms with Crippen LogP contribution in [-0.4, -0.2) is 13.2 Å². The quantitative estimate of drug-likeness (QED) is 0.784. The molecule has 0 bridgehead atoms. The second-order valence-corrected chi connectivity index (χ2v) is 4.77. The second kappa shape index (κ2) is 6.31. The van der Waals surface area contributed by atoms with Gasteiger partial charge in [-0.15, -0.1) is 0 Å². The van der Waals surface area contributed by atoms with E-state index in [1.165, 1.54) is 5.56 Å². The minimum absolute atomic E-state index is 0.628. The number of nitrogens with one attached hydrogen (secondary N) is 1. The summed E-state index contributed by atoms with van der Waals surface area (Å²) in [6.45, 7) is 3.49. The number of anilines is 2. The monoisotopic (exact) mass is 262 g/mol. The molecule has 3 nitrogen and oxygen atoms in total. The summed E-state index contributed by atoms with van der Waals surface area (Å²) in [7, 11) is 0. The molecule has 3 N–H and O–H groups in total. The summed E-state index contributed by atoms with van der Waals surface area (Å²) in [6, 6.07) is 7.96. The summed E-state index contributed by atoms with van der Waals surface area (Å²) in [5, 5.41) is 7.66. The van der Waals surface area contributed by atoms with E-state index in [-0.39, 0.29) is 0 Å². The van der Waals surface area contributed by atoms with Crippen LogP contribution in [0.1, 0.15) is 12.5 Å². The van der Waals surface area contributed by atoms with Gasteiger partial charge in [0.05, 0.1) is 12.3 Å². The fourth-order valence-electron chi connectivity index (χ4n) is 1.71. The molecule has 18 heavy (non-hydrogen) atoms. The highest BCUT2D eigenvalue weighted by atomic mass is 32.1. The number of benzene rings is 1. The van der Waals surface area contributed by atoms with Crippen LogP contribution in [0.4, 0.5) is 11.4 Å². The van der Waals surface area contributed by atoms with Gasteiger partial charge in [0.2, 0.25) is 0 Å². The smallest absolute Gasteiger partial charge is 0.144 e. The van der Waals surface area contributed by atoms with E-state index in [4.69, 9.17) is 10.5 Å². The number of nitrogen functional groups attached to an aromatic ring is 1. The molecule has 4 heteroatoms. The topological polar surface area (TPSA) is 47.3 Å². The molecule has 1 aromatic carbocycles. The molecule has 96 valence electrons. The summed E-state index contributed by atoms with van der Waals surface area (Å²) in [5.41, 5.74) is 8.92. The molecule has 0 radical (unpaired) electrons. The molecule has 1 aromatic heterocycles. The molecule has 0 atom stereocenters. The van der Waals surface area contributed by atoms with Crippen LogP contribution < -0.4 is 15.8 Å². The lowest BCUT2D eigenvalue weighted by molar-refractivity contribution is 0.342. The van der Waals surface area contributed by atoms with Crippen molar-refractivity contribution in [2.24, 2.45) is 0 Å². The number of hydrogen-bond acceptors (Lipinski definition) is 4. The van der Waals surface area contributed by atoms with Crippen LogP contribution in [0.5, 0.6) is 5.75 Å². The van der Waals surface area contributed by atoms with Gasteiger partial charge in [-0.3, -0.25) is 0 Å². The van der Waals surface area contributed by atoms with E-state index in [0.717, 1.165) is 24.4 Å². The van der Waals surface area contributed by atoms with Crippen molar-refractivity contribution >= 4 is 22.7 Å². The maximum atomic E-state index is 5.83. The summed E-state index contributed by atoms with van der Waals surface area (Å²) >= 11 is 1.73. The third kappa shape index (κ3) is 3.40. The van der Waals surface area contributed by atoms with Gasteiger partial charge in [0.25, 0.3) is 0 Å². The Hall–Kier alpha value is -1.68. The van der Waals surface area contributed by atoms with Gasteiger partial charge >= 0.3 is 0 Å². The van der Waals surface area contributed by atoms with Crippen molar-refractivity contribution in [3.63, 3.8) is 0 Å². The first-order valence-electron chi connectivity index (χ1n) is 6.07. The maximum Gasteiger partial charge on any atom is 0.144 e. The summed E-state index contributed by atoms with van der Waals surface area (Å²) < 4.78 is 5.47. The predicted octanol–water partition coefficient (Wildman–Crippen LogP) is 3.38. The second-order valence-electron chi connectivity index (χ2n) is 3.99.